The van der Waals surface area contributed by atoms with Crippen LogP contribution in [0.2, 0.25) is 5.02 Å². The number of pyridine rings is 1. The lowest BCUT2D eigenvalue weighted by molar-refractivity contribution is -0.142. The van der Waals surface area contributed by atoms with E-state index in [1.807, 2.05) is 4.90 Å². The number of carbonyl (C=O) groups excluding carboxylic acids is 1. The predicted octanol–water partition coefficient (Wildman–Crippen LogP) is 7.27. The molecule has 48 heavy (non-hydrogen) atoms. The summed E-state index contributed by atoms with van der Waals surface area (Å²) in [6.07, 6.45) is 5.23. The van der Waals surface area contributed by atoms with Crippen LogP contribution in [0.25, 0.3) is 11.3 Å². The van der Waals surface area contributed by atoms with Gasteiger partial charge in [0.1, 0.15) is 16.5 Å². The number of likely N-dealkylation sites (tertiary alicyclic amines) is 1. The first kappa shape index (κ1) is 33.1. The molecule has 4 aliphatic rings. The molecule has 1 amide bonds. The number of nitrogens with zero attached hydrogens (tertiary/aromatic N) is 5. The van der Waals surface area contributed by atoms with E-state index in [-0.39, 0.29) is 15.7 Å². The number of aliphatic carboxylic acids is 1. The Morgan fingerprint density at radius 1 is 0.979 bits per heavy atom. The molecule has 3 aliphatic heterocycles. The lowest BCUT2D eigenvalue weighted by Gasteiger charge is -2.35. The molecule has 3 saturated heterocycles. The maximum absolute atomic E-state index is 13.7. The molecular formula is C34H38ClF3N6O3S. The van der Waals surface area contributed by atoms with Crippen LogP contribution in [-0.2, 0) is 11.0 Å². The van der Waals surface area contributed by atoms with Crippen LogP contribution in [0, 0.1) is 11.8 Å². The molecule has 5 heterocycles. The van der Waals surface area contributed by atoms with Gasteiger partial charge in [0.05, 0.1) is 22.1 Å². The summed E-state index contributed by atoms with van der Waals surface area (Å²) in [5.41, 5.74) is 0.222. The molecule has 0 spiro atoms. The highest BCUT2D eigenvalue weighted by atomic mass is 35.5. The van der Waals surface area contributed by atoms with Crippen LogP contribution in [0.15, 0.2) is 36.5 Å². The normalized spacial score (nSPS) is 22.7. The quantitative estimate of drug-likeness (QED) is 0.265. The maximum Gasteiger partial charge on any atom is 0.416 e. The maximum atomic E-state index is 13.7. The number of carbonyl (C=O) groups is 2. The lowest BCUT2D eigenvalue weighted by Crippen LogP contribution is -2.43. The fourth-order valence-corrected chi connectivity index (χ4v) is 9.22. The molecule has 3 aromatic rings. The SMILES string of the molecule is O=C(Nc1nc(-c2cccc(C(F)(F)F)c2)c(N2CC3CCN(C4CCCCC4)C3C2)s1)c1cnc(N2CCC(C(=O)O)CC2)c(Cl)c1. The van der Waals surface area contributed by atoms with E-state index in [1.165, 1.54) is 61.8 Å². The molecule has 0 bridgehead atoms. The number of aromatic nitrogens is 2. The van der Waals surface area contributed by atoms with Gasteiger partial charge in [0.15, 0.2) is 5.13 Å². The summed E-state index contributed by atoms with van der Waals surface area (Å²) < 4.78 is 41.2. The Balaban J connectivity index is 1.13. The molecule has 9 nitrogen and oxygen atoms in total. The molecule has 2 atom stereocenters. The third-order valence-corrected chi connectivity index (χ3v) is 11.8. The zero-order valence-corrected chi connectivity index (χ0v) is 28.0. The Hall–Kier alpha value is -3.42. The number of hydrogen-bond donors (Lipinski definition) is 2. The standard InChI is InChI=1S/C34H38ClF3N6O3S/c35-26-16-23(17-39-29(26)42-12-9-20(10-13-42)32(46)47)30(45)41-33-40-28(21-5-4-6-24(15-21)34(36,37)38)31(48-33)43-18-22-11-14-44(27(22)19-43)25-7-2-1-3-8-25/h4-6,15-17,20,22,25,27H,1-3,7-14,18-19H2,(H,46,47)(H,40,41,45). The fraction of sp³-hybridized carbons (Fsp3) is 0.529. The van der Waals surface area contributed by atoms with Crippen molar-refractivity contribution in [2.45, 2.75) is 69.6 Å². The molecule has 2 aromatic heterocycles. The van der Waals surface area contributed by atoms with Gasteiger partial charge in [-0.25, -0.2) is 9.97 Å². The topological polar surface area (TPSA) is 102 Å². The van der Waals surface area contributed by atoms with Crippen LogP contribution < -0.4 is 15.1 Å². The van der Waals surface area contributed by atoms with Gasteiger partial charge in [-0.3, -0.25) is 19.8 Å². The molecule has 4 fully saturated rings. The Morgan fingerprint density at radius 2 is 1.75 bits per heavy atom. The number of carboxylic acids is 1. The largest absolute Gasteiger partial charge is 0.481 e. The average Bonchev–Trinajstić information content (AvgIpc) is 3.79. The summed E-state index contributed by atoms with van der Waals surface area (Å²) in [6.45, 7) is 3.64. The first-order valence-electron chi connectivity index (χ1n) is 16.7. The molecule has 1 saturated carbocycles. The lowest BCUT2D eigenvalue weighted by atomic mass is 9.93. The monoisotopic (exact) mass is 702 g/mol. The molecule has 2 N–H and O–H groups in total. The van der Waals surface area contributed by atoms with Crippen LogP contribution in [0.3, 0.4) is 0 Å². The number of rotatable bonds is 7. The van der Waals surface area contributed by atoms with Gasteiger partial charge in [-0.05, 0) is 62.8 Å². The van der Waals surface area contributed by atoms with Gasteiger partial charge in [0, 0.05) is 50.0 Å². The van der Waals surface area contributed by atoms with Gasteiger partial charge in [-0.2, -0.15) is 13.2 Å². The zero-order valence-electron chi connectivity index (χ0n) is 26.4. The summed E-state index contributed by atoms with van der Waals surface area (Å²) in [6, 6.07) is 7.70. The molecule has 1 aliphatic carbocycles. The van der Waals surface area contributed by atoms with Crippen molar-refractivity contribution in [3.05, 3.63) is 52.7 Å². The number of carboxylic acid groups (broad SMARTS) is 1. The molecule has 7 rings (SSSR count). The third kappa shape index (κ3) is 6.73. The van der Waals surface area contributed by atoms with Crippen molar-refractivity contribution in [1.29, 1.82) is 0 Å². The van der Waals surface area contributed by atoms with E-state index >= 15 is 0 Å². The van der Waals surface area contributed by atoms with Crippen molar-refractivity contribution in [1.82, 2.24) is 14.9 Å². The van der Waals surface area contributed by atoms with Crippen LogP contribution in [0.5, 0.6) is 0 Å². The van der Waals surface area contributed by atoms with Gasteiger partial charge in [0.2, 0.25) is 0 Å². The first-order chi connectivity index (χ1) is 23.0. The molecule has 256 valence electrons. The van der Waals surface area contributed by atoms with E-state index in [4.69, 9.17) is 16.6 Å². The number of nitrogens with one attached hydrogen (secondary N) is 1. The Kier molecular flexibility index (Phi) is 9.29. The van der Waals surface area contributed by atoms with E-state index in [0.29, 0.717) is 61.0 Å². The summed E-state index contributed by atoms with van der Waals surface area (Å²) in [5, 5.41) is 13.4. The number of benzene rings is 1. The molecule has 14 heteroatoms. The van der Waals surface area contributed by atoms with Gasteiger partial charge < -0.3 is 14.9 Å². The number of halogens is 4. The number of hydrogen-bond acceptors (Lipinski definition) is 8. The Morgan fingerprint density at radius 3 is 2.46 bits per heavy atom. The summed E-state index contributed by atoms with van der Waals surface area (Å²) in [4.78, 5) is 40.7. The highest BCUT2D eigenvalue weighted by Gasteiger charge is 2.45. The van der Waals surface area contributed by atoms with Crippen LogP contribution >= 0.6 is 22.9 Å². The molecular weight excluding hydrogens is 665 g/mol. The minimum absolute atomic E-state index is 0.209. The van der Waals surface area contributed by atoms with E-state index in [2.05, 4.69) is 20.1 Å². The molecule has 1 aromatic carbocycles. The van der Waals surface area contributed by atoms with Crippen LogP contribution in [0.4, 0.5) is 29.1 Å². The fourth-order valence-electron chi connectivity index (χ4n) is 7.93. The van der Waals surface area contributed by atoms with Gasteiger partial charge in [-0.15, -0.1) is 0 Å². The second kappa shape index (κ2) is 13.5. The summed E-state index contributed by atoms with van der Waals surface area (Å²) in [7, 11) is 0. The Labute approximate surface area is 286 Å². The third-order valence-electron chi connectivity index (χ3n) is 10.4. The van der Waals surface area contributed by atoms with E-state index < -0.39 is 29.5 Å². The van der Waals surface area contributed by atoms with Gasteiger partial charge >= 0.3 is 12.1 Å². The second-order valence-corrected chi connectivity index (χ2v) is 14.8. The van der Waals surface area contributed by atoms with Crippen LogP contribution in [-0.4, -0.2) is 76.7 Å². The van der Waals surface area contributed by atoms with Crippen molar-refractivity contribution >= 4 is 50.8 Å². The molecule has 0 radical (unpaired) electrons. The predicted molar refractivity (Wildman–Crippen MR) is 180 cm³/mol. The minimum atomic E-state index is -4.50. The average molecular weight is 703 g/mol. The smallest absolute Gasteiger partial charge is 0.416 e. The summed E-state index contributed by atoms with van der Waals surface area (Å²) >= 11 is 7.82. The van der Waals surface area contributed by atoms with E-state index in [9.17, 15) is 27.9 Å². The van der Waals surface area contributed by atoms with E-state index in [0.717, 1.165) is 43.2 Å². The zero-order chi connectivity index (χ0) is 33.6. The number of alkyl halides is 3. The van der Waals surface area contributed by atoms with Crippen LogP contribution in [0.1, 0.15) is 67.3 Å². The first-order valence-corrected chi connectivity index (χ1v) is 17.9. The van der Waals surface area contributed by atoms with E-state index in [1.54, 1.807) is 6.07 Å². The van der Waals surface area contributed by atoms with Crippen molar-refractivity contribution in [2.75, 3.05) is 47.8 Å². The molecule has 2 unspecified atom stereocenters. The second-order valence-electron chi connectivity index (χ2n) is 13.4. The van der Waals surface area contributed by atoms with Gasteiger partial charge in [-0.1, -0.05) is 54.3 Å². The van der Waals surface area contributed by atoms with Crippen molar-refractivity contribution < 1.29 is 27.9 Å². The van der Waals surface area contributed by atoms with Crippen molar-refractivity contribution in [3.8, 4) is 11.3 Å². The number of thiazole rings is 1. The summed E-state index contributed by atoms with van der Waals surface area (Å²) in [5.74, 6) is -0.732. The number of anilines is 3. The minimum Gasteiger partial charge on any atom is -0.481 e. The number of fused-ring (bicyclic) bond motifs is 1. The Bertz CT molecular complexity index is 1670. The van der Waals surface area contributed by atoms with Gasteiger partial charge in [0.25, 0.3) is 5.91 Å². The van der Waals surface area contributed by atoms with Crippen molar-refractivity contribution in [3.63, 3.8) is 0 Å². The highest BCUT2D eigenvalue weighted by molar-refractivity contribution is 7.20. The number of amides is 1. The number of piperidine rings is 1. The highest BCUT2D eigenvalue weighted by Crippen LogP contribution is 2.45. The van der Waals surface area contributed by atoms with Crippen molar-refractivity contribution in [2.24, 2.45) is 11.8 Å².